The Hall–Kier alpha value is -0.380. The molecule has 0 aliphatic carbocycles. The molecule has 0 aliphatic rings. The molecule has 0 saturated carbocycles. The topological polar surface area (TPSA) is 23.5 Å². The monoisotopic (exact) mass is 269 g/mol. The van der Waals surface area contributed by atoms with Crippen molar-refractivity contribution < 1.29 is 5.11 Å². The minimum atomic E-state index is -0.0168. The van der Waals surface area contributed by atoms with E-state index in [1.54, 1.807) is 0 Å². The smallest absolute Gasteiger partial charge is 0.0494 e. The highest BCUT2D eigenvalue weighted by atomic mass is 32.1. The van der Waals surface area contributed by atoms with Crippen molar-refractivity contribution in [2.45, 2.75) is 46.6 Å². The maximum atomic E-state index is 9.29. The van der Waals surface area contributed by atoms with Gasteiger partial charge >= 0.3 is 0 Å². The number of aliphatic hydroxyl groups is 1. The van der Waals surface area contributed by atoms with E-state index in [4.69, 9.17) is 0 Å². The van der Waals surface area contributed by atoms with E-state index in [1.807, 2.05) is 11.3 Å². The molecule has 0 unspecified atom stereocenters. The Morgan fingerprint density at radius 1 is 1.28 bits per heavy atom. The first-order valence-electron chi connectivity index (χ1n) is 6.84. The number of aliphatic hydroxyl groups excluding tert-OH is 1. The van der Waals surface area contributed by atoms with Gasteiger partial charge in [-0.2, -0.15) is 0 Å². The van der Waals surface area contributed by atoms with E-state index in [0.29, 0.717) is 0 Å². The van der Waals surface area contributed by atoms with Crippen LogP contribution in [0.25, 0.3) is 0 Å². The lowest BCUT2D eigenvalue weighted by Gasteiger charge is -2.28. The molecule has 0 radical (unpaired) electrons. The van der Waals surface area contributed by atoms with Gasteiger partial charge in [0.05, 0.1) is 0 Å². The van der Waals surface area contributed by atoms with Crippen LogP contribution in [0.3, 0.4) is 0 Å². The molecule has 1 heterocycles. The van der Waals surface area contributed by atoms with Crippen LogP contribution in [0.15, 0.2) is 12.1 Å². The van der Waals surface area contributed by atoms with Crippen molar-refractivity contribution in [1.82, 2.24) is 4.90 Å². The highest BCUT2D eigenvalue weighted by Crippen LogP contribution is 2.22. The van der Waals surface area contributed by atoms with E-state index >= 15 is 0 Å². The number of unbranched alkanes of at least 4 members (excludes halogenated alkanes) is 1. The molecule has 18 heavy (non-hydrogen) atoms. The number of nitrogens with zero attached hydrogens (tertiary/aromatic N) is 1. The maximum absolute atomic E-state index is 9.29. The fraction of sp³-hybridized carbons (Fsp3) is 0.733. The maximum Gasteiger partial charge on any atom is 0.0494 e. The molecule has 104 valence electrons. The Bertz CT molecular complexity index is 346. The number of hydrogen-bond donors (Lipinski definition) is 1. The zero-order chi connectivity index (χ0) is 13.6. The largest absolute Gasteiger partial charge is 0.396 e. The molecule has 0 fully saturated rings. The van der Waals surface area contributed by atoms with E-state index in [0.717, 1.165) is 13.1 Å². The molecule has 1 N–H and O–H groups in total. The fourth-order valence-electron chi connectivity index (χ4n) is 2.10. The second-order valence-corrected chi connectivity index (χ2v) is 7.22. The van der Waals surface area contributed by atoms with Gasteiger partial charge in [-0.05, 0) is 32.0 Å². The quantitative estimate of drug-likeness (QED) is 0.780. The van der Waals surface area contributed by atoms with Gasteiger partial charge in [0, 0.05) is 34.9 Å². The first-order chi connectivity index (χ1) is 8.46. The summed E-state index contributed by atoms with van der Waals surface area (Å²) in [5.74, 6) is 0. The molecule has 0 bridgehead atoms. The summed E-state index contributed by atoms with van der Waals surface area (Å²) in [5.41, 5.74) is -0.0168. The highest BCUT2D eigenvalue weighted by Gasteiger charge is 2.19. The number of thiophene rings is 1. The van der Waals surface area contributed by atoms with E-state index in [-0.39, 0.29) is 12.0 Å². The molecule has 0 aromatic carbocycles. The van der Waals surface area contributed by atoms with Gasteiger partial charge in [0.15, 0.2) is 0 Å². The summed E-state index contributed by atoms with van der Waals surface area (Å²) in [7, 11) is 2.13. The minimum absolute atomic E-state index is 0.0168. The summed E-state index contributed by atoms with van der Waals surface area (Å²) in [6.45, 7) is 8.59. The molecule has 0 amide bonds. The molecule has 1 aromatic heterocycles. The molecular formula is C15H27NOS. The van der Waals surface area contributed by atoms with Crippen LogP contribution in [0.5, 0.6) is 0 Å². The Balaban J connectivity index is 2.44. The summed E-state index contributed by atoms with van der Waals surface area (Å²) in [6.07, 6.45) is 3.76. The average Bonchev–Trinajstić information content (AvgIpc) is 2.73. The molecule has 0 spiro atoms. The van der Waals surface area contributed by atoms with Crippen molar-refractivity contribution in [2.24, 2.45) is 5.41 Å². The molecule has 0 atom stereocenters. The molecule has 0 saturated heterocycles. The van der Waals surface area contributed by atoms with Crippen LogP contribution in [-0.2, 0) is 13.0 Å². The molecular weight excluding hydrogens is 242 g/mol. The van der Waals surface area contributed by atoms with Crippen LogP contribution in [0.1, 0.15) is 43.4 Å². The van der Waals surface area contributed by atoms with Crippen LogP contribution < -0.4 is 0 Å². The molecule has 0 aliphatic heterocycles. The first kappa shape index (κ1) is 15.7. The lowest BCUT2D eigenvalue weighted by molar-refractivity contribution is 0.113. The molecule has 1 aromatic rings. The van der Waals surface area contributed by atoms with Crippen molar-refractivity contribution >= 4 is 11.3 Å². The zero-order valence-electron chi connectivity index (χ0n) is 12.2. The summed E-state index contributed by atoms with van der Waals surface area (Å²) >= 11 is 1.93. The highest BCUT2D eigenvalue weighted by molar-refractivity contribution is 7.11. The van der Waals surface area contributed by atoms with Crippen LogP contribution >= 0.6 is 11.3 Å². The predicted octanol–water partition coefficient (Wildman–Crippen LogP) is 3.54. The number of rotatable bonds is 8. The second-order valence-electron chi connectivity index (χ2n) is 5.97. The minimum Gasteiger partial charge on any atom is -0.396 e. The zero-order valence-corrected chi connectivity index (χ0v) is 13.0. The van der Waals surface area contributed by atoms with Crippen molar-refractivity contribution in [1.29, 1.82) is 0 Å². The summed E-state index contributed by atoms with van der Waals surface area (Å²) in [4.78, 5) is 5.23. The summed E-state index contributed by atoms with van der Waals surface area (Å²) in [6, 6.07) is 4.51. The standard InChI is InChI=1S/C15H27NOS/c1-5-6-7-13-8-9-14(18-13)10-16(4)11-15(2,3)12-17/h8-9,17H,5-7,10-12H2,1-4H3. The Kier molecular flexibility index (Phi) is 6.33. The van der Waals surface area contributed by atoms with Crippen LogP contribution in [-0.4, -0.2) is 30.2 Å². The molecule has 1 rings (SSSR count). The van der Waals surface area contributed by atoms with E-state index < -0.39 is 0 Å². The first-order valence-corrected chi connectivity index (χ1v) is 7.65. The third-order valence-corrected chi connectivity index (χ3v) is 4.18. The molecule has 2 nitrogen and oxygen atoms in total. The van der Waals surface area contributed by atoms with Crippen LogP contribution in [0.4, 0.5) is 0 Å². The van der Waals surface area contributed by atoms with E-state index in [1.165, 1.54) is 29.0 Å². The summed E-state index contributed by atoms with van der Waals surface area (Å²) in [5, 5.41) is 9.29. The van der Waals surface area contributed by atoms with Crippen molar-refractivity contribution in [3.05, 3.63) is 21.9 Å². The normalized spacial score (nSPS) is 12.3. The number of aryl methyl sites for hydroxylation is 1. The second kappa shape index (κ2) is 7.27. The predicted molar refractivity (Wildman–Crippen MR) is 80.1 cm³/mol. The van der Waals surface area contributed by atoms with Crippen LogP contribution in [0, 0.1) is 5.41 Å². The van der Waals surface area contributed by atoms with Gasteiger partial charge in [-0.25, -0.2) is 0 Å². The van der Waals surface area contributed by atoms with Crippen LogP contribution in [0.2, 0.25) is 0 Å². The Labute approximate surface area is 116 Å². The third kappa shape index (κ3) is 5.51. The Morgan fingerprint density at radius 2 is 1.94 bits per heavy atom. The van der Waals surface area contributed by atoms with Gasteiger partial charge in [-0.3, -0.25) is 0 Å². The van der Waals surface area contributed by atoms with E-state index in [9.17, 15) is 5.11 Å². The van der Waals surface area contributed by atoms with Gasteiger partial charge in [-0.1, -0.05) is 27.2 Å². The van der Waals surface area contributed by atoms with Crippen molar-refractivity contribution in [3.63, 3.8) is 0 Å². The van der Waals surface area contributed by atoms with Gasteiger partial charge in [-0.15, -0.1) is 11.3 Å². The number of hydrogen-bond acceptors (Lipinski definition) is 3. The van der Waals surface area contributed by atoms with Gasteiger partial charge in [0.2, 0.25) is 0 Å². The summed E-state index contributed by atoms with van der Waals surface area (Å²) < 4.78 is 0. The van der Waals surface area contributed by atoms with Crippen molar-refractivity contribution in [3.8, 4) is 0 Å². The average molecular weight is 269 g/mol. The SMILES string of the molecule is CCCCc1ccc(CN(C)CC(C)(C)CO)s1. The van der Waals surface area contributed by atoms with Crippen molar-refractivity contribution in [2.75, 3.05) is 20.2 Å². The molecule has 3 heteroatoms. The lowest BCUT2D eigenvalue weighted by atomic mass is 9.94. The van der Waals surface area contributed by atoms with E-state index in [2.05, 4.69) is 44.9 Å². The Morgan fingerprint density at radius 3 is 2.56 bits per heavy atom. The van der Waals surface area contributed by atoms with Gasteiger partial charge in [0.25, 0.3) is 0 Å². The van der Waals surface area contributed by atoms with Gasteiger partial charge < -0.3 is 10.0 Å². The third-order valence-electron chi connectivity index (χ3n) is 3.05. The fourth-order valence-corrected chi connectivity index (χ4v) is 3.24. The van der Waals surface area contributed by atoms with Gasteiger partial charge in [0.1, 0.15) is 0 Å². The lowest BCUT2D eigenvalue weighted by Crippen LogP contribution is -2.33.